The molecule has 0 radical (unpaired) electrons. The van der Waals surface area contributed by atoms with Gasteiger partial charge in [-0.25, -0.2) is 0 Å². The van der Waals surface area contributed by atoms with Crippen molar-refractivity contribution >= 4 is 17.3 Å². The van der Waals surface area contributed by atoms with Crippen molar-refractivity contribution in [2.24, 2.45) is 5.73 Å². The maximum absolute atomic E-state index is 6.11. The summed E-state index contributed by atoms with van der Waals surface area (Å²) >= 11 is 6.11. The average Bonchev–Trinajstić information content (AvgIpc) is 2.49. The molecule has 0 spiro atoms. The molecule has 0 saturated carbocycles. The second kappa shape index (κ2) is 3.20. The minimum absolute atomic E-state index is 0.147. The molecule has 3 heteroatoms. The first-order valence-corrected chi connectivity index (χ1v) is 4.86. The van der Waals surface area contributed by atoms with Gasteiger partial charge >= 0.3 is 0 Å². The Bertz CT molecular complexity index is 323. The summed E-state index contributed by atoms with van der Waals surface area (Å²) < 4.78 is 0. The lowest BCUT2D eigenvalue weighted by Crippen LogP contribution is -2.26. The van der Waals surface area contributed by atoms with E-state index in [1.165, 1.54) is 5.56 Å². The van der Waals surface area contributed by atoms with Gasteiger partial charge in [0.25, 0.3) is 0 Å². The number of fused-ring (bicyclic) bond motifs is 1. The Morgan fingerprint density at radius 2 is 2.38 bits per heavy atom. The van der Waals surface area contributed by atoms with Gasteiger partial charge in [-0.15, -0.1) is 0 Å². The molecule has 2 nitrogen and oxygen atoms in total. The predicted octanol–water partition coefficient (Wildman–Crippen LogP) is 2.20. The van der Waals surface area contributed by atoms with Gasteiger partial charge in [0.05, 0.1) is 0 Å². The van der Waals surface area contributed by atoms with Crippen LogP contribution >= 0.6 is 11.6 Å². The number of nitrogens with one attached hydrogen (secondary N) is 1. The van der Waals surface area contributed by atoms with Crippen molar-refractivity contribution in [1.82, 2.24) is 0 Å². The highest BCUT2D eigenvalue weighted by Crippen LogP contribution is 2.37. The molecule has 13 heavy (non-hydrogen) atoms. The normalized spacial score (nSPS) is 22.2. The van der Waals surface area contributed by atoms with Crippen LogP contribution in [0.1, 0.15) is 18.4 Å². The van der Waals surface area contributed by atoms with Crippen LogP contribution in [0.3, 0.4) is 0 Å². The Hall–Kier alpha value is -0.730. The highest BCUT2D eigenvalue weighted by Gasteiger charge is 2.26. The van der Waals surface area contributed by atoms with Crippen molar-refractivity contribution in [3.8, 4) is 0 Å². The third-order valence-corrected chi connectivity index (χ3v) is 2.90. The quantitative estimate of drug-likeness (QED) is 0.723. The van der Waals surface area contributed by atoms with E-state index in [1.54, 1.807) is 0 Å². The van der Waals surface area contributed by atoms with Gasteiger partial charge < -0.3 is 11.1 Å². The summed E-state index contributed by atoms with van der Waals surface area (Å²) in [6.45, 7) is 2.92. The molecular weight excluding hydrogens is 184 g/mol. The van der Waals surface area contributed by atoms with Crippen molar-refractivity contribution < 1.29 is 0 Å². The average molecular weight is 197 g/mol. The summed E-state index contributed by atoms with van der Waals surface area (Å²) in [4.78, 5) is 0. The highest BCUT2D eigenvalue weighted by atomic mass is 35.5. The fourth-order valence-corrected chi connectivity index (χ4v) is 2.15. The van der Waals surface area contributed by atoms with Gasteiger partial charge in [0.15, 0.2) is 0 Å². The molecule has 70 valence electrons. The van der Waals surface area contributed by atoms with Crippen LogP contribution in [0.15, 0.2) is 18.2 Å². The molecule has 1 aromatic rings. The molecule has 0 aromatic heterocycles. The Kier molecular flexibility index (Phi) is 2.18. The number of rotatable bonds is 1. The van der Waals surface area contributed by atoms with E-state index in [4.69, 9.17) is 17.3 Å². The van der Waals surface area contributed by atoms with Crippen LogP contribution in [0.25, 0.3) is 0 Å². The van der Waals surface area contributed by atoms with E-state index < -0.39 is 0 Å². The third kappa shape index (κ3) is 1.40. The van der Waals surface area contributed by atoms with E-state index in [-0.39, 0.29) is 6.04 Å². The molecule has 0 amide bonds. The number of anilines is 1. The van der Waals surface area contributed by atoms with E-state index in [2.05, 4.69) is 5.32 Å². The van der Waals surface area contributed by atoms with Crippen LogP contribution < -0.4 is 11.1 Å². The molecule has 2 rings (SSSR count). The van der Waals surface area contributed by atoms with Crippen LogP contribution in [0.4, 0.5) is 5.69 Å². The second-order valence-electron chi connectivity index (χ2n) is 3.55. The highest BCUT2D eigenvalue weighted by molar-refractivity contribution is 6.32. The fraction of sp³-hybridized carbons (Fsp3) is 0.400. The second-order valence-corrected chi connectivity index (χ2v) is 3.95. The maximum Gasteiger partial charge on any atom is 0.0462 e. The molecule has 0 aliphatic carbocycles. The van der Waals surface area contributed by atoms with Crippen LogP contribution in [0.5, 0.6) is 0 Å². The molecule has 1 aromatic carbocycles. The molecule has 3 N–H and O–H groups in total. The molecule has 2 atom stereocenters. The summed E-state index contributed by atoms with van der Waals surface area (Å²) in [6, 6.07) is 6.07. The SMILES string of the molecule is CC(N)C1CNc2cccc(Cl)c21. The van der Waals surface area contributed by atoms with Crippen LogP contribution in [-0.4, -0.2) is 12.6 Å². The van der Waals surface area contributed by atoms with Crippen LogP contribution in [-0.2, 0) is 0 Å². The van der Waals surface area contributed by atoms with Crippen molar-refractivity contribution in [2.45, 2.75) is 18.9 Å². The number of hydrogen-bond donors (Lipinski definition) is 2. The minimum Gasteiger partial charge on any atom is -0.384 e. The monoisotopic (exact) mass is 196 g/mol. The number of nitrogens with two attached hydrogens (primary N) is 1. The first-order chi connectivity index (χ1) is 6.20. The molecule has 1 heterocycles. The maximum atomic E-state index is 6.11. The topological polar surface area (TPSA) is 38.0 Å². The van der Waals surface area contributed by atoms with E-state index in [0.717, 1.165) is 17.3 Å². The zero-order valence-electron chi connectivity index (χ0n) is 7.55. The van der Waals surface area contributed by atoms with Gasteiger partial charge in [-0.3, -0.25) is 0 Å². The largest absolute Gasteiger partial charge is 0.384 e. The molecule has 2 unspecified atom stereocenters. The number of hydrogen-bond acceptors (Lipinski definition) is 2. The molecule has 0 fully saturated rings. The first-order valence-electron chi connectivity index (χ1n) is 4.48. The summed E-state index contributed by atoms with van der Waals surface area (Å²) in [7, 11) is 0. The smallest absolute Gasteiger partial charge is 0.0462 e. The van der Waals surface area contributed by atoms with Crippen LogP contribution in [0.2, 0.25) is 5.02 Å². The van der Waals surface area contributed by atoms with Gasteiger partial charge in [0, 0.05) is 34.8 Å². The predicted molar refractivity (Wildman–Crippen MR) is 56.3 cm³/mol. The lowest BCUT2D eigenvalue weighted by molar-refractivity contribution is 0.610. The van der Waals surface area contributed by atoms with Gasteiger partial charge in [-0.2, -0.15) is 0 Å². The van der Waals surface area contributed by atoms with E-state index in [9.17, 15) is 0 Å². The van der Waals surface area contributed by atoms with Crippen LogP contribution in [0, 0.1) is 0 Å². The third-order valence-electron chi connectivity index (χ3n) is 2.57. The zero-order chi connectivity index (χ0) is 9.42. The molecular formula is C10H13ClN2. The summed E-state index contributed by atoms with van der Waals surface area (Å²) in [5, 5.41) is 4.13. The van der Waals surface area contributed by atoms with E-state index in [0.29, 0.717) is 5.92 Å². The van der Waals surface area contributed by atoms with Gasteiger partial charge in [-0.1, -0.05) is 17.7 Å². The number of halogens is 1. The first kappa shape index (κ1) is 8.85. The number of benzene rings is 1. The summed E-state index contributed by atoms with van der Waals surface area (Å²) in [5.41, 5.74) is 8.20. The van der Waals surface area contributed by atoms with E-state index >= 15 is 0 Å². The van der Waals surface area contributed by atoms with Gasteiger partial charge in [-0.05, 0) is 19.1 Å². The van der Waals surface area contributed by atoms with Crippen molar-refractivity contribution in [3.63, 3.8) is 0 Å². The van der Waals surface area contributed by atoms with Gasteiger partial charge in [0.1, 0.15) is 0 Å². The Labute approximate surface area is 83.1 Å². The minimum atomic E-state index is 0.147. The fourth-order valence-electron chi connectivity index (χ4n) is 1.84. The molecule has 0 bridgehead atoms. The van der Waals surface area contributed by atoms with Crippen molar-refractivity contribution in [1.29, 1.82) is 0 Å². The summed E-state index contributed by atoms with van der Waals surface area (Å²) in [5.74, 6) is 0.351. The summed E-state index contributed by atoms with van der Waals surface area (Å²) in [6.07, 6.45) is 0. The van der Waals surface area contributed by atoms with Crippen molar-refractivity contribution in [3.05, 3.63) is 28.8 Å². The standard InChI is InChI=1S/C10H13ClN2/c1-6(12)7-5-13-9-4-2-3-8(11)10(7)9/h2-4,6-7,13H,5,12H2,1H3. The lowest BCUT2D eigenvalue weighted by atomic mass is 9.95. The molecule has 1 aliphatic heterocycles. The lowest BCUT2D eigenvalue weighted by Gasteiger charge is -2.15. The molecule has 1 aliphatic rings. The zero-order valence-corrected chi connectivity index (χ0v) is 8.31. The Morgan fingerprint density at radius 1 is 1.62 bits per heavy atom. The van der Waals surface area contributed by atoms with E-state index in [1.807, 2.05) is 25.1 Å². The van der Waals surface area contributed by atoms with Crippen molar-refractivity contribution in [2.75, 3.05) is 11.9 Å². The van der Waals surface area contributed by atoms with Gasteiger partial charge in [0.2, 0.25) is 0 Å². The Balaban J connectivity index is 2.46. The Morgan fingerprint density at radius 3 is 3.08 bits per heavy atom. The molecule has 0 saturated heterocycles.